The molecule has 0 saturated carbocycles. The Kier molecular flexibility index (Phi) is 13.7. The first-order chi connectivity index (χ1) is 14.8. The number of benzene rings is 3. The molecule has 0 radical (unpaired) electrons. The predicted octanol–water partition coefficient (Wildman–Crippen LogP) is 5.65. The quantitative estimate of drug-likeness (QED) is 0.394. The fourth-order valence-corrected chi connectivity index (χ4v) is 2.94. The number of rotatable bonds is 7. The van der Waals surface area contributed by atoms with Crippen LogP contribution in [0.15, 0.2) is 84.9 Å². The van der Waals surface area contributed by atoms with E-state index in [0.717, 1.165) is 5.56 Å². The molecule has 0 aliphatic heterocycles. The molecule has 3 rings (SSSR count). The fraction of sp³-hybridized carbons (Fsp3) is 0.167. The van der Waals surface area contributed by atoms with Gasteiger partial charge in [-0.25, -0.2) is 18.4 Å². The SMILES string of the molecule is C[C@H](N[C@@H](c1ccccc1)C(F)F)c1ccccc1.O=C(O)c1ccccc1C(=O)O.S.S. The van der Waals surface area contributed by atoms with E-state index < -0.39 is 24.4 Å². The Morgan fingerprint density at radius 1 is 0.697 bits per heavy atom. The number of carbonyl (C=O) groups is 2. The van der Waals surface area contributed by atoms with E-state index in [0.29, 0.717) is 5.56 Å². The number of alkyl halides is 2. The molecule has 0 bridgehead atoms. The first-order valence-corrected chi connectivity index (χ1v) is 9.51. The zero-order chi connectivity index (χ0) is 22.8. The normalized spacial score (nSPS) is 11.6. The van der Waals surface area contributed by atoms with Crippen LogP contribution in [-0.2, 0) is 0 Å². The summed E-state index contributed by atoms with van der Waals surface area (Å²) in [6, 6.07) is 22.8. The summed E-state index contributed by atoms with van der Waals surface area (Å²) >= 11 is 0. The van der Waals surface area contributed by atoms with Gasteiger partial charge in [0.25, 0.3) is 6.43 Å². The Hall–Kier alpha value is -2.88. The molecule has 0 unspecified atom stereocenters. The molecular formula is C24H27F2NO4S2. The highest BCUT2D eigenvalue weighted by Gasteiger charge is 2.24. The highest BCUT2D eigenvalue weighted by atomic mass is 32.1. The summed E-state index contributed by atoms with van der Waals surface area (Å²) in [5.74, 6) is -2.46. The van der Waals surface area contributed by atoms with Crippen molar-refractivity contribution in [2.45, 2.75) is 25.4 Å². The van der Waals surface area contributed by atoms with Gasteiger partial charge in [-0.2, -0.15) is 27.0 Å². The van der Waals surface area contributed by atoms with Gasteiger partial charge in [0.05, 0.1) is 17.2 Å². The summed E-state index contributed by atoms with van der Waals surface area (Å²) in [4.78, 5) is 20.9. The molecule has 0 saturated heterocycles. The summed E-state index contributed by atoms with van der Waals surface area (Å²) in [5, 5.41) is 20.1. The molecule has 2 atom stereocenters. The molecule has 0 aromatic heterocycles. The van der Waals surface area contributed by atoms with Crippen molar-refractivity contribution in [1.29, 1.82) is 0 Å². The molecule has 0 fully saturated rings. The number of nitrogens with one attached hydrogen (secondary N) is 1. The van der Waals surface area contributed by atoms with E-state index in [1.165, 1.54) is 24.3 Å². The molecular weight excluding hydrogens is 468 g/mol. The third-order valence-electron chi connectivity index (χ3n) is 4.53. The Labute approximate surface area is 205 Å². The monoisotopic (exact) mass is 495 g/mol. The van der Waals surface area contributed by atoms with Crippen LogP contribution in [0.1, 0.15) is 50.9 Å². The van der Waals surface area contributed by atoms with Crippen molar-refractivity contribution in [3.63, 3.8) is 0 Å². The molecule has 0 aliphatic rings. The molecule has 178 valence electrons. The zero-order valence-corrected chi connectivity index (χ0v) is 19.8. The van der Waals surface area contributed by atoms with E-state index in [2.05, 4.69) is 5.32 Å². The second-order valence-electron chi connectivity index (χ2n) is 6.68. The lowest BCUT2D eigenvalue weighted by Gasteiger charge is -2.23. The summed E-state index contributed by atoms with van der Waals surface area (Å²) in [6.45, 7) is 1.90. The van der Waals surface area contributed by atoms with E-state index in [9.17, 15) is 18.4 Å². The van der Waals surface area contributed by atoms with Gasteiger partial charge in [0, 0.05) is 6.04 Å². The van der Waals surface area contributed by atoms with E-state index in [-0.39, 0.29) is 44.2 Å². The first-order valence-electron chi connectivity index (χ1n) is 9.51. The molecule has 3 aromatic carbocycles. The topological polar surface area (TPSA) is 86.6 Å². The van der Waals surface area contributed by atoms with Crippen molar-refractivity contribution in [3.05, 3.63) is 107 Å². The average molecular weight is 496 g/mol. The minimum atomic E-state index is -2.44. The van der Waals surface area contributed by atoms with Crippen molar-refractivity contribution in [2.75, 3.05) is 0 Å². The number of hydrogen-bond acceptors (Lipinski definition) is 3. The predicted molar refractivity (Wildman–Crippen MR) is 134 cm³/mol. The molecule has 0 amide bonds. The fourth-order valence-electron chi connectivity index (χ4n) is 2.94. The van der Waals surface area contributed by atoms with Gasteiger partial charge < -0.3 is 10.2 Å². The van der Waals surface area contributed by atoms with Crippen LogP contribution in [0.3, 0.4) is 0 Å². The molecule has 33 heavy (non-hydrogen) atoms. The largest absolute Gasteiger partial charge is 0.478 e. The second kappa shape index (κ2) is 15.0. The number of carboxylic acid groups (broad SMARTS) is 2. The number of hydrogen-bond donors (Lipinski definition) is 3. The average Bonchev–Trinajstić information content (AvgIpc) is 2.78. The summed E-state index contributed by atoms with van der Waals surface area (Å²) in [6.07, 6.45) is -2.44. The van der Waals surface area contributed by atoms with Crippen molar-refractivity contribution in [2.24, 2.45) is 0 Å². The van der Waals surface area contributed by atoms with Crippen LogP contribution in [0.2, 0.25) is 0 Å². The maximum absolute atomic E-state index is 13.2. The van der Waals surface area contributed by atoms with E-state index >= 15 is 0 Å². The van der Waals surface area contributed by atoms with Crippen LogP contribution in [0.25, 0.3) is 0 Å². The number of carboxylic acids is 2. The van der Waals surface area contributed by atoms with Gasteiger partial charge in [-0.15, -0.1) is 0 Å². The van der Waals surface area contributed by atoms with Gasteiger partial charge in [0.2, 0.25) is 0 Å². The van der Waals surface area contributed by atoms with Gasteiger partial charge in [-0.1, -0.05) is 72.8 Å². The van der Waals surface area contributed by atoms with Gasteiger partial charge >= 0.3 is 11.9 Å². The minimum Gasteiger partial charge on any atom is -0.478 e. The summed E-state index contributed by atoms with van der Waals surface area (Å²) in [7, 11) is 0. The van der Waals surface area contributed by atoms with Crippen molar-refractivity contribution >= 4 is 38.9 Å². The van der Waals surface area contributed by atoms with Crippen LogP contribution in [0.4, 0.5) is 8.78 Å². The molecule has 0 spiro atoms. The van der Waals surface area contributed by atoms with Crippen LogP contribution in [0, 0.1) is 0 Å². The van der Waals surface area contributed by atoms with E-state index in [1.54, 1.807) is 24.3 Å². The lowest BCUT2D eigenvalue weighted by molar-refractivity contribution is 0.0651. The Bertz CT molecular complexity index is 959. The zero-order valence-electron chi connectivity index (χ0n) is 17.8. The molecule has 3 N–H and O–H groups in total. The summed E-state index contributed by atoms with van der Waals surface area (Å²) in [5.41, 5.74) is 1.24. The van der Waals surface area contributed by atoms with Gasteiger partial charge in [-0.05, 0) is 30.2 Å². The number of halogens is 2. The van der Waals surface area contributed by atoms with Crippen molar-refractivity contribution in [1.82, 2.24) is 5.32 Å². The van der Waals surface area contributed by atoms with Gasteiger partial charge in [0.15, 0.2) is 0 Å². The molecule has 0 aliphatic carbocycles. The second-order valence-corrected chi connectivity index (χ2v) is 6.68. The Morgan fingerprint density at radius 2 is 1.06 bits per heavy atom. The van der Waals surface area contributed by atoms with Crippen LogP contribution < -0.4 is 5.32 Å². The lowest BCUT2D eigenvalue weighted by atomic mass is 10.0. The maximum Gasteiger partial charge on any atom is 0.336 e. The van der Waals surface area contributed by atoms with Crippen molar-refractivity contribution in [3.8, 4) is 0 Å². The summed E-state index contributed by atoms with van der Waals surface area (Å²) < 4.78 is 26.4. The Morgan fingerprint density at radius 3 is 1.42 bits per heavy atom. The van der Waals surface area contributed by atoms with Gasteiger partial charge in [-0.3, -0.25) is 5.32 Å². The Balaban J connectivity index is 0.000000640. The smallest absolute Gasteiger partial charge is 0.336 e. The molecule has 0 heterocycles. The third-order valence-corrected chi connectivity index (χ3v) is 4.53. The van der Waals surface area contributed by atoms with E-state index in [4.69, 9.17) is 10.2 Å². The van der Waals surface area contributed by atoms with Crippen molar-refractivity contribution < 1.29 is 28.6 Å². The van der Waals surface area contributed by atoms with Crippen LogP contribution in [-0.4, -0.2) is 28.6 Å². The maximum atomic E-state index is 13.2. The third kappa shape index (κ3) is 9.25. The standard InChI is InChI=1S/C16H17F2N.C8H6O4.2H2S/c1-12(13-8-4-2-5-9-13)19-15(16(17)18)14-10-6-3-7-11-14;9-7(10)5-3-1-2-4-6(5)8(11)12;;/h2-12,15-16,19H,1H3;1-4H,(H,9,10)(H,11,12);2*1H2/t12-,15-;;;/m0.../s1. The van der Waals surface area contributed by atoms with Crippen LogP contribution >= 0.6 is 27.0 Å². The first kappa shape index (κ1) is 30.1. The highest BCUT2D eigenvalue weighted by Crippen LogP contribution is 2.24. The van der Waals surface area contributed by atoms with E-state index in [1.807, 2.05) is 43.3 Å². The lowest BCUT2D eigenvalue weighted by Crippen LogP contribution is -2.29. The highest BCUT2D eigenvalue weighted by molar-refractivity contribution is 7.59. The number of aromatic carboxylic acids is 2. The molecule has 5 nitrogen and oxygen atoms in total. The molecule has 3 aromatic rings. The minimum absolute atomic E-state index is 0. The molecule has 9 heteroatoms. The van der Waals surface area contributed by atoms with Gasteiger partial charge in [0.1, 0.15) is 0 Å². The van der Waals surface area contributed by atoms with Crippen LogP contribution in [0.5, 0.6) is 0 Å².